The summed E-state index contributed by atoms with van der Waals surface area (Å²) in [6.45, 7) is 8.27. The number of hydrogen-bond donors (Lipinski definition) is 1. The molecule has 0 aliphatic heterocycles. The Morgan fingerprint density at radius 1 is 1.26 bits per heavy atom. The molecule has 1 aromatic carbocycles. The minimum Gasteiger partial charge on any atom is -0.450 e. The summed E-state index contributed by atoms with van der Waals surface area (Å²) >= 11 is 0. The molecule has 0 atom stereocenters. The molecule has 0 spiro atoms. The quantitative estimate of drug-likeness (QED) is 0.595. The number of ether oxygens (including phenoxy) is 1. The Bertz CT molecular complexity index is 550. The van der Waals surface area contributed by atoms with E-state index in [2.05, 4.69) is 5.32 Å². The maximum absolute atomic E-state index is 14.1. The molecular formula is C18H26FNO3. The molecule has 0 saturated carbocycles. The predicted octanol–water partition coefficient (Wildman–Crippen LogP) is 4.47. The predicted molar refractivity (Wildman–Crippen MR) is 87.9 cm³/mol. The molecule has 0 saturated heterocycles. The first kappa shape index (κ1) is 19.1. The molecule has 23 heavy (non-hydrogen) atoms. The average Bonchev–Trinajstić information content (AvgIpc) is 2.44. The van der Waals surface area contributed by atoms with E-state index in [1.807, 2.05) is 27.7 Å². The van der Waals surface area contributed by atoms with E-state index in [1.54, 1.807) is 6.07 Å². The van der Waals surface area contributed by atoms with E-state index >= 15 is 0 Å². The van der Waals surface area contributed by atoms with Gasteiger partial charge in [0.2, 0.25) is 0 Å². The number of alkyl carbamates (subject to hydrolysis) is 1. The topological polar surface area (TPSA) is 55.4 Å². The third-order valence-corrected chi connectivity index (χ3v) is 3.22. The van der Waals surface area contributed by atoms with Crippen LogP contribution in [0.2, 0.25) is 0 Å². The first-order chi connectivity index (χ1) is 10.7. The smallest absolute Gasteiger partial charge is 0.407 e. The summed E-state index contributed by atoms with van der Waals surface area (Å²) in [5.41, 5.74) is 0.534. The summed E-state index contributed by atoms with van der Waals surface area (Å²) in [4.78, 5) is 23.5. The van der Waals surface area contributed by atoms with E-state index in [9.17, 15) is 14.0 Å². The number of amides is 1. The Balaban J connectivity index is 2.59. The number of halogens is 1. The lowest BCUT2D eigenvalue weighted by atomic mass is 9.87. The number of carbonyl (C=O) groups excluding carboxylic acids is 2. The van der Waals surface area contributed by atoms with Gasteiger partial charge in [-0.15, -0.1) is 0 Å². The van der Waals surface area contributed by atoms with Gasteiger partial charge < -0.3 is 10.1 Å². The van der Waals surface area contributed by atoms with Gasteiger partial charge in [0.25, 0.3) is 0 Å². The number of hydrogen-bond acceptors (Lipinski definition) is 3. The van der Waals surface area contributed by atoms with E-state index in [-0.39, 0.29) is 17.7 Å². The monoisotopic (exact) mass is 323 g/mol. The molecule has 128 valence electrons. The summed E-state index contributed by atoms with van der Waals surface area (Å²) in [5, 5.41) is 2.50. The lowest BCUT2D eigenvalue weighted by Crippen LogP contribution is -2.24. The number of ketones is 1. The van der Waals surface area contributed by atoms with E-state index in [0.29, 0.717) is 24.2 Å². The molecule has 0 bridgehead atoms. The minimum atomic E-state index is -0.564. The second-order valence-corrected chi connectivity index (χ2v) is 6.81. The molecule has 1 aromatic rings. The van der Waals surface area contributed by atoms with Crippen LogP contribution < -0.4 is 5.32 Å². The third kappa shape index (κ3) is 7.26. The van der Waals surface area contributed by atoms with Crippen molar-refractivity contribution in [3.63, 3.8) is 0 Å². The van der Waals surface area contributed by atoms with Gasteiger partial charge >= 0.3 is 6.09 Å². The number of carbonyl (C=O) groups is 2. The summed E-state index contributed by atoms with van der Waals surface area (Å²) < 4.78 is 19.0. The molecule has 1 N–H and O–H groups in total. The van der Waals surface area contributed by atoms with E-state index in [1.165, 1.54) is 12.1 Å². The first-order valence-electron chi connectivity index (χ1n) is 7.95. The fourth-order valence-electron chi connectivity index (χ4n) is 1.98. The highest BCUT2D eigenvalue weighted by atomic mass is 19.1. The fourth-order valence-corrected chi connectivity index (χ4v) is 1.98. The van der Waals surface area contributed by atoms with Gasteiger partial charge in [-0.2, -0.15) is 0 Å². The van der Waals surface area contributed by atoms with Gasteiger partial charge in [-0.05, 0) is 17.9 Å². The van der Waals surface area contributed by atoms with Crippen molar-refractivity contribution in [1.29, 1.82) is 0 Å². The van der Waals surface area contributed by atoms with Crippen molar-refractivity contribution in [3.8, 4) is 0 Å². The summed E-state index contributed by atoms with van der Waals surface area (Å²) in [7, 11) is 0. The van der Waals surface area contributed by atoms with Crippen LogP contribution in [0.25, 0.3) is 0 Å². The van der Waals surface area contributed by atoms with Crippen molar-refractivity contribution in [3.05, 3.63) is 35.1 Å². The van der Waals surface area contributed by atoms with E-state index in [4.69, 9.17) is 4.74 Å². The van der Waals surface area contributed by atoms with Crippen LogP contribution in [0.15, 0.2) is 18.2 Å². The summed E-state index contributed by atoms with van der Waals surface area (Å²) in [6.07, 6.45) is 1.53. The van der Waals surface area contributed by atoms with Crippen molar-refractivity contribution in [2.75, 3.05) is 6.61 Å². The van der Waals surface area contributed by atoms with Crippen LogP contribution >= 0.6 is 0 Å². The van der Waals surface area contributed by atoms with Crippen LogP contribution in [0.5, 0.6) is 0 Å². The van der Waals surface area contributed by atoms with Crippen molar-refractivity contribution >= 4 is 11.9 Å². The maximum Gasteiger partial charge on any atom is 0.407 e. The normalized spacial score (nSPS) is 11.2. The van der Waals surface area contributed by atoms with Crippen molar-refractivity contribution in [1.82, 2.24) is 5.32 Å². The van der Waals surface area contributed by atoms with Crippen molar-refractivity contribution in [2.24, 2.45) is 5.41 Å². The highest BCUT2D eigenvalue weighted by Crippen LogP contribution is 2.22. The highest BCUT2D eigenvalue weighted by molar-refractivity contribution is 5.96. The number of Topliss-reactive ketones (excluding diaryl/α,β-unsaturated/α-hetero) is 1. The van der Waals surface area contributed by atoms with Gasteiger partial charge in [-0.25, -0.2) is 9.18 Å². The van der Waals surface area contributed by atoms with E-state index in [0.717, 1.165) is 12.8 Å². The highest BCUT2D eigenvalue weighted by Gasteiger charge is 2.18. The molecule has 0 fully saturated rings. The lowest BCUT2D eigenvalue weighted by molar-refractivity contribution is 0.0939. The number of nitrogens with one attached hydrogen (secondary N) is 1. The van der Waals surface area contributed by atoms with Crippen LogP contribution in [-0.2, 0) is 11.3 Å². The summed E-state index contributed by atoms with van der Waals surface area (Å²) in [6, 6.07) is 4.35. The molecule has 0 aliphatic carbocycles. The van der Waals surface area contributed by atoms with Crippen LogP contribution in [0.1, 0.15) is 62.9 Å². The Hall–Kier alpha value is -1.91. The molecule has 0 aromatic heterocycles. The van der Waals surface area contributed by atoms with Gasteiger partial charge in [-0.1, -0.05) is 46.2 Å². The van der Waals surface area contributed by atoms with E-state index < -0.39 is 11.9 Å². The number of rotatable bonds is 7. The second kappa shape index (κ2) is 8.65. The molecule has 0 heterocycles. The molecule has 0 radical (unpaired) electrons. The van der Waals surface area contributed by atoms with Gasteiger partial charge in [-0.3, -0.25) is 4.79 Å². The standard InChI is InChI=1S/C18H26FNO3/c1-5-6-9-23-17(22)20-12-14-8-7-13(10-15(14)19)16(21)11-18(2,3)4/h7-8,10H,5-6,9,11-12H2,1-4H3,(H,20,22). The largest absolute Gasteiger partial charge is 0.450 e. The Morgan fingerprint density at radius 2 is 1.96 bits per heavy atom. The maximum atomic E-state index is 14.1. The average molecular weight is 323 g/mol. The van der Waals surface area contributed by atoms with Crippen molar-refractivity contribution in [2.45, 2.75) is 53.5 Å². The molecule has 1 amide bonds. The third-order valence-electron chi connectivity index (χ3n) is 3.22. The van der Waals surface area contributed by atoms with Gasteiger partial charge in [0.15, 0.2) is 5.78 Å². The van der Waals surface area contributed by atoms with Gasteiger partial charge in [0.05, 0.1) is 6.61 Å². The zero-order chi connectivity index (χ0) is 17.5. The molecule has 5 heteroatoms. The molecule has 0 aliphatic rings. The van der Waals surface area contributed by atoms with Crippen LogP contribution in [0, 0.1) is 11.2 Å². The number of unbranched alkanes of at least 4 members (excludes halogenated alkanes) is 1. The molecule has 1 rings (SSSR count). The molecule has 0 unspecified atom stereocenters. The van der Waals surface area contributed by atoms with Crippen molar-refractivity contribution < 1.29 is 18.7 Å². The molecular weight excluding hydrogens is 297 g/mol. The van der Waals surface area contributed by atoms with Gasteiger partial charge in [0.1, 0.15) is 5.82 Å². The minimum absolute atomic E-state index is 0.0323. The Kier molecular flexibility index (Phi) is 7.20. The van der Waals surface area contributed by atoms with Crippen LogP contribution in [0.3, 0.4) is 0 Å². The van der Waals surface area contributed by atoms with Gasteiger partial charge in [0, 0.05) is 24.1 Å². The lowest BCUT2D eigenvalue weighted by Gasteiger charge is -2.17. The summed E-state index contributed by atoms with van der Waals surface area (Å²) in [5.74, 6) is -0.589. The van der Waals surface area contributed by atoms with Crippen LogP contribution in [0.4, 0.5) is 9.18 Å². The fraction of sp³-hybridized carbons (Fsp3) is 0.556. The zero-order valence-electron chi connectivity index (χ0n) is 14.4. The zero-order valence-corrected chi connectivity index (χ0v) is 14.4. The Morgan fingerprint density at radius 3 is 2.52 bits per heavy atom. The van der Waals surface area contributed by atoms with Crippen LogP contribution in [-0.4, -0.2) is 18.5 Å². The SMILES string of the molecule is CCCCOC(=O)NCc1ccc(C(=O)CC(C)(C)C)cc1F. The first-order valence-corrected chi connectivity index (χ1v) is 7.95. The molecule has 4 nitrogen and oxygen atoms in total. The Labute approximate surface area is 137 Å². The second-order valence-electron chi connectivity index (χ2n) is 6.81. The number of benzene rings is 1.